The average Bonchev–Trinajstić information content (AvgIpc) is 2.84. The summed E-state index contributed by atoms with van der Waals surface area (Å²) in [6, 6.07) is 8.55. The monoisotopic (exact) mass is 229 g/mol. The van der Waals surface area contributed by atoms with E-state index in [4.69, 9.17) is 0 Å². The Hall–Kier alpha value is -1.77. The topological polar surface area (TPSA) is 29.9 Å². The fraction of sp³-hybridized carbons (Fsp3) is 0.357. The van der Waals surface area contributed by atoms with E-state index in [-0.39, 0.29) is 0 Å². The molecule has 3 nitrogen and oxygen atoms in total. The van der Waals surface area contributed by atoms with Crippen molar-refractivity contribution in [2.24, 2.45) is 0 Å². The van der Waals surface area contributed by atoms with Gasteiger partial charge in [0.05, 0.1) is 6.20 Å². The number of nitrogens with one attached hydrogen (secondary N) is 1. The predicted molar refractivity (Wildman–Crippen MR) is 71.0 cm³/mol. The maximum absolute atomic E-state index is 4.26. The van der Waals surface area contributed by atoms with Crippen LogP contribution in [0.3, 0.4) is 0 Å². The largest absolute Gasteiger partial charge is 0.381 e. The number of aromatic nitrogens is 2. The van der Waals surface area contributed by atoms with Crippen LogP contribution in [0.2, 0.25) is 0 Å². The zero-order valence-corrected chi connectivity index (χ0v) is 10.5. The lowest BCUT2D eigenvalue weighted by Crippen LogP contribution is -1.99. The highest BCUT2D eigenvalue weighted by Gasteiger charge is 1.98. The van der Waals surface area contributed by atoms with Gasteiger partial charge in [-0.2, -0.15) is 5.10 Å². The average molecular weight is 229 g/mol. The summed E-state index contributed by atoms with van der Waals surface area (Å²) in [6.45, 7) is 6.01. The molecule has 1 aromatic carbocycles. The molecule has 0 saturated carbocycles. The van der Waals surface area contributed by atoms with E-state index in [1.165, 1.54) is 16.8 Å². The van der Waals surface area contributed by atoms with Crippen molar-refractivity contribution >= 4 is 5.69 Å². The molecule has 1 heterocycles. The number of nitrogens with zero attached hydrogens (tertiary/aromatic N) is 2. The fourth-order valence-electron chi connectivity index (χ4n) is 1.78. The Labute approximate surface area is 102 Å². The van der Waals surface area contributed by atoms with E-state index in [0.717, 1.165) is 19.5 Å². The molecular weight excluding hydrogens is 210 g/mol. The first-order valence-corrected chi connectivity index (χ1v) is 6.16. The summed E-state index contributed by atoms with van der Waals surface area (Å²) in [5.74, 6) is 0. The van der Waals surface area contributed by atoms with Crippen LogP contribution in [0.15, 0.2) is 36.7 Å². The van der Waals surface area contributed by atoms with E-state index in [1.807, 2.05) is 10.9 Å². The molecule has 3 heteroatoms. The lowest BCUT2D eigenvalue weighted by atomic mass is 10.1. The molecule has 90 valence electrons. The number of aryl methyl sites for hydroxylation is 2. The Morgan fingerprint density at radius 2 is 2.12 bits per heavy atom. The fourth-order valence-corrected chi connectivity index (χ4v) is 1.78. The van der Waals surface area contributed by atoms with Gasteiger partial charge in [-0.05, 0) is 31.0 Å². The maximum Gasteiger partial charge on any atom is 0.0539 e. The molecular formula is C14H19N3. The molecule has 0 radical (unpaired) electrons. The minimum atomic E-state index is 0.827. The van der Waals surface area contributed by atoms with Gasteiger partial charge in [0.25, 0.3) is 0 Å². The molecule has 1 aromatic heterocycles. The SMILES string of the molecule is CCc1cccc(NCc2cnn(CC)c2)c1. The molecule has 0 bridgehead atoms. The molecule has 0 unspecified atom stereocenters. The number of hydrogen-bond donors (Lipinski definition) is 1. The minimum absolute atomic E-state index is 0.827. The highest BCUT2D eigenvalue weighted by atomic mass is 15.3. The summed E-state index contributed by atoms with van der Waals surface area (Å²) in [7, 11) is 0. The van der Waals surface area contributed by atoms with Crippen molar-refractivity contribution in [2.75, 3.05) is 5.32 Å². The van der Waals surface area contributed by atoms with Crippen LogP contribution in [0.4, 0.5) is 5.69 Å². The van der Waals surface area contributed by atoms with Crippen molar-refractivity contribution in [3.05, 3.63) is 47.8 Å². The highest BCUT2D eigenvalue weighted by molar-refractivity contribution is 5.46. The van der Waals surface area contributed by atoms with Crippen molar-refractivity contribution in [2.45, 2.75) is 33.4 Å². The summed E-state index contributed by atoms with van der Waals surface area (Å²) in [4.78, 5) is 0. The summed E-state index contributed by atoms with van der Waals surface area (Å²) in [6.07, 6.45) is 5.07. The smallest absolute Gasteiger partial charge is 0.0539 e. The van der Waals surface area contributed by atoms with Crippen LogP contribution in [0, 0.1) is 0 Å². The zero-order chi connectivity index (χ0) is 12.1. The van der Waals surface area contributed by atoms with Crippen LogP contribution >= 0.6 is 0 Å². The predicted octanol–water partition coefficient (Wildman–Crippen LogP) is 3.08. The van der Waals surface area contributed by atoms with E-state index in [0.29, 0.717) is 0 Å². The third-order valence-corrected chi connectivity index (χ3v) is 2.84. The molecule has 0 amide bonds. The van der Waals surface area contributed by atoms with Crippen molar-refractivity contribution in [3.8, 4) is 0 Å². The summed E-state index contributed by atoms with van der Waals surface area (Å²) in [5.41, 5.74) is 3.75. The van der Waals surface area contributed by atoms with Crippen molar-refractivity contribution in [3.63, 3.8) is 0 Å². The Kier molecular flexibility index (Phi) is 3.81. The van der Waals surface area contributed by atoms with E-state index in [9.17, 15) is 0 Å². The molecule has 0 spiro atoms. The molecule has 0 fully saturated rings. The normalized spacial score (nSPS) is 10.5. The third kappa shape index (κ3) is 3.09. The lowest BCUT2D eigenvalue weighted by Gasteiger charge is -2.06. The van der Waals surface area contributed by atoms with Crippen LogP contribution < -0.4 is 5.32 Å². The Bertz CT molecular complexity index is 474. The third-order valence-electron chi connectivity index (χ3n) is 2.84. The molecule has 0 aliphatic rings. The first kappa shape index (κ1) is 11.7. The number of rotatable bonds is 5. The highest BCUT2D eigenvalue weighted by Crippen LogP contribution is 2.12. The van der Waals surface area contributed by atoms with Gasteiger partial charge in [0.1, 0.15) is 0 Å². The summed E-state index contributed by atoms with van der Waals surface area (Å²) < 4.78 is 1.94. The molecule has 17 heavy (non-hydrogen) atoms. The van der Waals surface area contributed by atoms with E-state index in [2.05, 4.69) is 54.7 Å². The first-order chi connectivity index (χ1) is 8.31. The van der Waals surface area contributed by atoms with Crippen LogP contribution in [-0.4, -0.2) is 9.78 Å². The van der Waals surface area contributed by atoms with E-state index in [1.54, 1.807) is 0 Å². The summed E-state index contributed by atoms with van der Waals surface area (Å²) in [5, 5.41) is 7.68. The van der Waals surface area contributed by atoms with Gasteiger partial charge in [-0.15, -0.1) is 0 Å². The molecule has 0 atom stereocenters. The molecule has 0 aliphatic carbocycles. The number of hydrogen-bond acceptors (Lipinski definition) is 2. The molecule has 1 N–H and O–H groups in total. The van der Waals surface area contributed by atoms with Gasteiger partial charge < -0.3 is 5.32 Å². The standard InChI is InChI=1S/C14H19N3/c1-3-12-6-5-7-14(8-12)15-9-13-10-16-17(4-2)11-13/h5-8,10-11,15H,3-4,9H2,1-2H3. The van der Waals surface area contributed by atoms with Gasteiger partial charge in [-0.1, -0.05) is 19.1 Å². The quantitative estimate of drug-likeness (QED) is 0.854. The second-order valence-corrected chi connectivity index (χ2v) is 4.11. The lowest BCUT2D eigenvalue weighted by molar-refractivity contribution is 0.659. The Morgan fingerprint density at radius 3 is 2.82 bits per heavy atom. The zero-order valence-electron chi connectivity index (χ0n) is 10.5. The van der Waals surface area contributed by atoms with Crippen molar-refractivity contribution in [1.82, 2.24) is 9.78 Å². The van der Waals surface area contributed by atoms with E-state index < -0.39 is 0 Å². The van der Waals surface area contributed by atoms with Crippen molar-refractivity contribution < 1.29 is 0 Å². The molecule has 2 aromatic rings. The van der Waals surface area contributed by atoms with Gasteiger partial charge in [0.2, 0.25) is 0 Å². The van der Waals surface area contributed by atoms with Gasteiger partial charge in [0.15, 0.2) is 0 Å². The first-order valence-electron chi connectivity index (χ1n) is 6.16. The minimum Gasteiger partial charge on any atom is -0.381 e. The maximum atomic E-state index is 4.26. The molecule has 0 aliphatic heterocycles. The second-order valence-electron chi connectivity index (χ2n) is 4.11. The molecule has 0 saturated heterocycles. The second kappa shape index (κ2) is 5.53. The van der Waals surface area contributed by atoms with Crippen LogP contribution in [0.25, 0.3) is 0 Å². The van der Waals surface area contributed by atoms with Gasteiger partial charge in [-0.25, -0.2) is 0 Å². The number of benzene rings is 1. The van der Waals surface area contributed by atoms with E-state index >= 15 is 0 Å². The number of anilines is 1. The van der Waals surface area contributed by atoms with Crippen LogP contribution in [-0.2, 0) is 19.5 Å². The summed E-state index contributed by atoms with van der Waals surface area (Å²) >= 11 is 0. The van der Waals surface area contributed by atoms with Crippen LogP contribution in [0.5, 0.6) is 0 Å². The van der Waals surface area contributed by atoms with Crippen molar-refractivity contribution in [1.29, 1.82) is 0 Å². The Morgan fingerprint density at radius 1 is 1.24 bits per heavy atom. The van der Waals surface area contributed by atoms with Gasteiger partial charge >= 0.3 is 0 Å². The Balaban J connectivity index is 1.96. The van der Waals surface area contributed by atoms with Gasteiger partial charge in [-0.3, -0.25) is 4.68 Å². The van der Waals surface area contributed by atoms with Gasteiger partial charge in [0, 0.05) is 30.5 Å². The molecule has 2 rings (SSSR count). The van der Waals surface area contributed by atoms with Crippen LogP contribution in [0.1, 0.15) is 25.0 Å².